The second-order valence-corrected chi connectivity index (χ2v) is 6.49. The van der Waals surface area contributed by atoms with Crippen LogP contribution >= 0.6 is 0 Å². The number of fused-ring (bicyclic) bond motifs is 1. The summed E-state index contributed by atoms with van der Waals surface area (Å²) in [5, 5.41) is 2.53. The van der Waals surface area contributed by atoms with Gasteiger partial charge in [-0.15, -0.1) is 0 Å². The second-order valence-electron chi connectivity index (χ2n) is 6.49. The van der Waals surface area contributed by atoms with Gasteiger partial charge in [0.05, 0.1) is 24.0 Å². The lowest BCUT2D eigenvalue weighted by Crippen LogP contribution is -2.47. The number of nitrogens with zero attached hydrogens (tertiary/aromatic N) is 2. The number of para-hydroxylation sites is 2. The van der Waals surface area contributed by atoms with Crippen molar-refractivity contribution in [3.8, 4) is 0 Å². The number of aryl methyl sites for hydroxylation is 1. The van der Waals surface area contributed by atoms with Crippen LogP contribution in [0.25, 0.3) is 11.0 Å². The van der Waals surface area contributed by atoms with E-state index in [1.165, 1.54) is 0 Å². The number of amides is 3. The van der Waals surface area contributed by atoms with Gasteiger partial charge in [0.15, 0.2) is 0 Å². The van der Waals surface area contributed by atoms with Crippen molar-refractivity contribution in [3.05, 3.63) is 66.0 Å². The molecule has 29 heavy (non-hydrogen) atoms. The van der Waals surface area contributed by atoms with Gasteiger partial charge in [0.25, 0.3) is 11.8 Å². The van der Waals surface area contributed by atoms with Crippen molar-refractivity contribution in [1.82, 2.24) is 25.7 Å². The molecule has 1 aromatic heterocycles. The summed E-state index contributed by atoms with van der Waals surface area (Å²) in [6.45, 7) is 1.78. The highest BCUT2D eigenvalue weighted by Gasteiger charge is 2.13. The zero-order valence-corrected chi connectivity index (χ0v) is 16.1. The molecule has 0 atom stereocenters. The number of aromatic nitrogens is 2. The van der Waals surface area contributed by atoms with Gasteiger partial charge in [-0.2, -0.15) is 0 Å². The summed E-state index contributed by atoms with van der Waals surface area (Å²) in [4.78, 5) is 40.5. The Hall–Kier alpha value is -3.68. The van der Waals surface area contributed by atoms with Crippen molar-refractivity contribution < 1.29 is 14.4 Å². The zero-order valence-electron chi connectivity index (χ0n) is 16.1. The molecule has 0 aliphatic heterocycles. The Labute approximate surface area is 168 Å². The number of imidazole rings is 1. The summed E-state index contributed by atoms with van der Waals surface area (Å²) in [5.41, 5.74) is 7.23. The fraction of sp³-hybridized carbons (Fsp3) is 0.238. The summed E-state index contributed by atoms with van der Waals surface area (Å²) < 4.78 is 1.82. The monoisotopic (exact) mass is 393 g/mol. The number of carbonyl (C=O) groups excluding carboxylic acids is 3. The van der Waals surface area contributed by atoms with Gasteiger partial charge in [-0.25, -0.2) is 4.98 Å². The molecule has 0 saturated carbocycles. The quantitative estimate of drug-likeness (QED) is 0.523. The fourth-order valence-electron chi connectivity index (χ4n) is 2.96. The maximum absolute atomic E-state index is 12.2. The number of hydrazine groups is 1. The zero-order chi connectivity index (χ0) is 20.6. The van der Waals surface area contributed by atoms with Gasteiger partial charge in [-0.3, -0.25) is 25.2 Å². The number of carbonyl (C=O) groups is 3. The third-order valence-corrected chi connectivity index (χ3v) is 4.35. The molecule has 0 radical (unpaired) electrons. The van der Waals surface area contributed by atoms with Crippen LogP contribution in [0, 0.1) is 0 Å². The van der Waals surface area contributed by atoms with Gasteiger partial charge < -0.3 is 9.88 Å². The standard InChI is InChI=1S/C21H23N5O3/c1-2-18-23-16-10-6-7-11-17(16)26(18)14-21(29)25-24-20(28)13-22-19(27)12-15-8-4-3-5-9-15/h3-11H,2,12-14H2,1H3,(H,22,27)(H,24,28)(H,25,29). The molecule has 3 N–H and O–H groups in total. The summed E-state index contributed by atoms with van der Waals surface area (Å²) >= 11 is 0. The molecule has 3 aromatic rings. The highest BCUT2D eigenvalue weighted by Crippen LogP contribution is 2.16. The summed E-state index contributed by atoms with van der Waals surface area (Å²) in [6.07, 6.45) is 0.871. The van der Waals surface area contributed by atoms with E-state index in [9.17, 15) is 14.4 Å². The first-order valence-electron chi connectivity index (χ1n) is 9.39. The SMILES string of the molecule is CCc1nc2ccccc2n1CC(=O)NNC(=O)CNC(=O)Cc1ccccc1. The summed E-state index contributed by atoms with van der Waals surface area (Å²) in [6, 6.07) is 16.8. The lowest BCUT2D eigenvalue weighted by atomic mass is 10.1. The molecule has 0 saturated heterocycles. The Kier molecular flexibility index (Phi) is 6.57. The van der Waals surface area contributed by atoms with Crippen molar-refractivity contribution in [3.63, 3.8) is 0 Å². The molecule has 0 aliphatic carbocycles. The van der Waals surface area contributed by atoms with Crippen LogP contribution in [-0.4, -0.2) is 33.8 Å². The summed E-state index contributed by atoms with van der Waals surface area (Å²) in [5.74, 6) is -0.367. The smallest absolute Gasteiger partial charge is 0.258 e. The maximum atomic E-state index is 12.2. The van der Waals surface area contributed by atoms with Crippen molar-refractivity contribution in [1.29, 1.82) is 0 Å². The molecule has 0 fully saturated rings. The Morgan fingerprint density at radius 2 is 1.59 bits per heavy atom. The lowest BCUT2D eigenvalue weighted by molar-refractivity contribution is -0.129. The number of hydrogen-bond donors (Lipinski definition) is 3. The molecule has 8 heteroatoms. The van der Waals surface area contributed by atoms with Crippen LogP contribution in [0.15, 0.2) is 54.6 Å². The average molecular weight is 393 g/mol. The first-order chi connectivity index (χ1) is 14.1. The molecular formula is C21H23N5O3. The number of rotatable bonds is 7. The minimum absolute atomic E-state index is 0.0321. The van der Waals surface area contributed by atoms with Crippen molar-refractivity contribution in [2.24, 2.45) is 0 Å². The third-order valence-electron chi connectivity index (χ3n) is 4.35. The topological polar surface area (TPSA) is 105 Å². The molecular weight excluding hydrogens is 370 g/mol. The summed E-state index contributed by atoms with van der Waals surface area (Å²) in [7, 11) is 0. The molecule has 3 rings (SSSR count). The molecule has 8 nitrogen and oxygen atoms in total. The Bertz CT molecular complexity index is 1010. The normalized spacial score (nSPS) is 10.5. The number of benzene rings is 2. The van der Waals surface area contributed by atoms with Crippen molar-refractivity contribution in [2.75, 3.05) is 6.54 Å². The molecule has 2 aromatic carbocycles. The Morgan fingerprint density at radius 3 is 2.34 bits per heavy atom. The van der Waals surface area contributed by atoms with E-state index in [0.717, 1.165) is 22.4 Å². The number of nitrogens with one attached hydrogen (secondary N) is 3. The van der Waals surface area contributed by atoms with Gasteiger partial charge in [-0.05, 0) is 17.7 Å². The van der Waals surface area contributed by atoms with E-state index < -0.39 is 5.91 Å². The van der Waals surface area contributed by atoms with Gasteiger partial charge in [0.2, 0.25) is 5.91 Å². The minimum atomic E-state index is -0.508. The van der Waals surface area contributed by atoms with Crippen LogP contribution in [0.5, 0.6) is 0 Å². The predicted molar refractivity (Wildman–Crippen MR) is 109 cm³/mol. The van der Waals surface area contributed by atoms with E-state index in [1.807, 2.05) is 66.1 Å². The van der Waals surface area contributed by atoms with Crippen LogP contribution < -0.4 is 16.2 Å². The van der Waals surface area contributed by atoms with Gasteiger partial charge in [0, 0.05) is 6.42 Å². The van der Waals surface area contributed by atoms with Crippen LogP contribution in [0.2, 0.25) is 0 Å². The van der Waals surface area contributed by atoms with E-state index in [-0.39, 0.29) is 31.3 Å². The van der Waals surface area contributed by atoms with Crippen LogP contribution in [-0.2, 0) is 33.8 Å². The second kappa shape index (κ2) is 9.50. The van der Waals surface area contributed by atoms with E-state index in [4.69, 9.17) is 0 Å². The lowest BCUT2D eigenvalue weighted by Gasteiger charge is -2.11. The van der Waals surface area contributed by atoms with Crippen molar-refractivity contribution >= 4 is 28.8 Å². The minimum Gasteiger partial charge on any atom is -0.347 e. The molecule has 0 unspecified atom stereocenters. The van der Waals surface area contributed by atoms with Gasteiger partial charge in [-0.1, -0.05) is 49.4 Å². The van der Waals surface area contributed by atoms with E-state index in [0.29, 0.717) is 6.42 Å². The van der Waals surface area contributed by atoms with Crippen LogP contribution in [0.3, 0.4) is 0 Å². The van der Waals surface area contributed by atoms with Crippen molar-refractivity contribution in [2.45, 2.75) is 26.3 Å². The fourth-order valence-corrected chi connectivity index (χ4v) is 2.96. The van der Waals surface area contributed by atoms with E-state index >= 15 is 0 Å². The van der Waals surface area contributed by atoms with Gasteiger partial charge >= 0.3 is 0 Å². The highest BCUT2D eigenvalue weighted by molar-refractivity contribution is 5.87. The molecule has 0 spiro atoms. The Balaban J connectivity index is 1.46. The first-order valence-corrected chi connectivity index (χ1v) is 9.39. The van der Waals surface area contributed by atoms with E-state index in [2.05, 4.69) is 21.2 Å². The van der Waals surface area contributed by atoms with E-state index in [1.54, 1.807) is 0 Å². The van der Waals surface area contributed by atoms with Gasteiger partial charge in [0.1, 0.15) is 12.4 Å². The molecule has 0 aliphatic rings. The Morgan fingerprint density at radius 1 is 0.897 bits per heavy atom. The largest absolute Gasteiger partial charge is 0.347 e. The molecule has 150 valence electrons. The van der Waals surface area contributed by atoms with Crippen LogP contribution in [0.1, 0.15) is 18.3 Å². The van der Waals surface area contributed by atoms with Crippen LogP contribution in [0.4, 0.5) is 0 Å². The highest BCUT2D eigenvalue weighted by atomic mass is 16.2. The first kappa shape index (κ1) is 20.1. The molecule has 1 heterocycles. The maximum Gasteiger partial charge on any atom is 0.258 e. The molecule has 3 amide bonds. The number of hydrogen-bond acceptors (Lipinski definition) is 4. The average Bonchev–Trinajstić information content (AvgIpc) is 3.09. The third kappa shape index (κ3) is 5.41. The molecule has 0 bridgehead atoms. The predicted octanol–water partition coefficient (Wildman–Crippen LogP) is 1.11.